The summed E-state index contributed by atoms with van der Waals surface area (Å²) in [6.07, 6.45) is 1.03. The van der Waals surface area contributed by atoms with Crippen molar-refractivity contribution >= 4 is 46.8 Å². The van der Waals surface area contributed by atoms with Crippen molar-refractivity contribution in [3.05, 3.63) is 52.1 Å². The summed E-state index contributed by atoms with van der Waals surface area (Å²) in [4.78, 5) is 42.2. The molecule has 3 N–H and O–H groups in total. The maximum atomic E-state index is 12.6. The van der Waals surface area contributed by atoms with Crippen LogP contribution in [0.1, 0.15) is 18.9 Å². The van der Waals surface area contributed by atoms with Crippen molar-refractivity contribution in [3.8, 4) is 5.88 Å². The highest BCUT2D eigenvalue weighted by Gasteiger charge is 2.28. The van der Waals surface area contributed by atoms with Gasteiger partial charge in [0.15, 0.2) is 6.10 Å². The lowest BCUT2D eigenvalue weighted by molar-refractivity contribution is -0.143. The molecular weight excluding hydrogens is 509 g/mol. The number of ether oxygens (including phenoxy) is 2. The number of benzene rings is 1. The Balaban J connectivity index is 1.42. The maximum Gasteiger partial charge on any atom is 0.319 e. The molecule has 0 radical (unpaired) electrons. The largest absolute Gasteiger partial charge is 0.468 e. The van der Waals surface area contributed by atoms with E-state index in [-0.39, 0.29) is 47.8 Å². The molecule has 1 atom stereocenters. The molecule has 1 saturated heterocycles. The van der Waals surface area contributed by atoms with Crippen molar-refractivity contribution in [3.63, 3.8) is 0 Å². The summed E-state index contributed by atoms with van der Waals surface area (Å²) in [6.45, 7) is 4.29. The molecular formula is C24H29Cl2N5O5. The number of likely N-dealkylation sites (tertiary alicyclic amines) is 1. The Labute approximate surface area is 219 Å². The molecule has 1 fully saturated rings. The topological polar surface area (TPSA) is 122 Å². The number of methoxy groups -OCH3 is 1. The normalized spacial score (nSPS) is 14.3. The van der Waals surface area contributed by atoms with Crippen molar-refractivity contribution in [1.29, 1.82) is 0 Å². The summed E-state index contributed by atoms with van der Waals surface area (Å²) in [7, 11) is 1.36. The number of nitrogens with zero attached hydrogens (tertiary/aromatic N) is 2. The number of carbonyl (C=O) groups excluding carboxylic acids is 3. The van der Waals surface area contributed by atoms with Gasteiger partial charge in [-0.1, -0.05) is 42.3 Å². The van der Waals surface area contributed by atoms with Crippen LogP contribution in [0.2, 0.25) is 10.0 Å². The Hall–Kier alpha value is -3.08. The molecule has 1 aliphatic rings. The number of hydrogen-bond donors (Lipinski definition) is 3. The van der Waals surface area contributed by atoms with E-state index in [0.717, 1.165) is 18.7 Å². The van der Waals surface area contributed by atoms with Gasteiger partial charge in [-0.2, -0.15) is 0 Å². The molecule has 0 spiro atoms. The minimum atomic E-state index is -0.779. The lowest BCUT2D eigenvalue weighted by Crippen LogP contribution is -2.53. The fraction of sp³-hybridized carbons (Fsp3) is 0.417. The maximum absolute atomic E-state index is 12.6. The van der Waals surface area contributed by atoms with E-state index in [1.807, 2.05) is 17.9 Å². The van der Waals surface area contributed by atoms with Crippen molar-refractivity contribution in [2.24, 2.45) is 5.92 Å². The quantitative estimate of drug-likeness (QED) is 0.376. The lowest BCUT2D eigenvalue weighted by atomic mass is 10.0. The Morgan fingerprint density at radius 3 is 2.67 bits per heavy atom. The third kappa shape index (κ3) is 8.25. The van der Waals surface area contributed by atoms with E-state index in [9.17, 15) is 14.4 Å². The van der Waals surface area contributed by atoms with E-state index in [2.05, 4.69) is 25.7 Å². The Morgan fingerprint density at radius 1 is 1.19 bits per heavy atom. The molecule has 1 aliphatic heterocycles. The number of rotatable bonds is 11. The van der Waals surface area contributed by atoms with Crippen LogP contribution in [0, 0.1) is 5.92 Å². The number of urea groups is 1. The van der Waals surface area contributed by atoms with Gasteiger partial charge in [0.05, 0.1) is 18.7 Å². The summed E-state index contributed by atoms with van der Waals surface area (Å²) in [5.41, 5.74) is 1.40. The van der Waals surface area contributed by atoms with Crippen molar-refractivity contribution in [2.45, 2.75) is 26.0 Å². The first-order valence-corrected chi connectivity index (χ1v) is 12.2. The van der Waals surface area contributed by atoms with E-state index in [1.54, 1.807) is 18.2 Å². The van der Waals surface area contributed by atoms with Crippen LogP contribution < -0.4 is 20.7 Å². The van der Waals surface area contributed by atoms with E-state index in [1.165, 1.54) is 19.4 Å². The second-order valence-corrected chi connectivity index (χ2v) is 9.19. The molecule has 3 rings (SSSR count). The van der Waals surface area contributed by atoms with Crippen LogP contribution in [0.3, 0.4) is 0 Å². The molecule has 194 valence electrons. The number of nitrogens with one attached hydrogen (secondary N) is 3. The second-order valence-electron chi connectivity index (χ2n) is 8.34. The molecule has 0 bridgehead atoms. The standard InChI is InChI=1S/C24H29Cl2N5O5/c1-3-20(36-23-19(26)8-17(25)11-28-23)22(33)27-9-15-5-4-6-18(7-15)30-24(34)29-10-16-12-31(13-16)14-21(32)35-2/h4-8,11,16,20H,3,9-10,12-14H2,1-2H3,(H,27,33)(H2,29,30,34)/t20-/m1/s1. The van der Waals surface area contributed by atoms with E-state index in [0.29, 0.717) is 23.7 Å². The van der Waals surface area contributed by atoms with Crippen molar-refractivity contribution in [1.82, 2.24) is 20.5 Å². The van der Waals surface area contributed by atoms with Gasteiger partial charge in [-0.25, -0.2) is 9.78 Å². The Kier molecular flexibility index (Phi) is 10.2. The highest BCUT2D eigenvalue weighted by Crippen LogP contribution is 2.26. The number of carbonyl (C=O) groups is 3. The zero-order valence-electron chi connectivity index (χ0n) is 20.1. The molecule has 0 unspecified atom stereocenters. The van der Waals surface area contributed by atoms with Gasteiger partial charge in [0, 0.05) is 44.0 Å². The molecule has 12 heteroatoms. The number of esters is 1. The summed E-state index contributed by atoms with van der Waals surface area (Å²) in [5.74, 6) is -0.161. The minimum Gasteiger partial charge on any atom is -0.468 e. The molecule has 10 nitrogen and oxygen atoms in total. The number of hydrogen-bond acceptors (Lipinski definition) is 7. The predicted molar refractivity (Wildman–Crippen MR) is 136 cm³/mol. The fourth-order valence-corrected chi connectivity index (χ4v) is 4.03. The van der Waals surface area contributed by atoms with Crippen molar-refractivity contribution in [2.75, 3.05) is 38.6 Å². The van der Waals surface area contributed by atoms with Gasteiger partial charge in [-0.05, 0) is 30.2 Å². The van der Waals surface area contributed by atoms with Crippen molar-refractivity contribution < 1.29 is 23.9 Å². The average molecular weight is 538 g/mol. The molecule has 1 aromatic carbocycles. The Morgan fingerprint density at radius 2 is 1.97 bits per heavy atom. The molecule has 3 amide bonds. The second kappa shape index (κ2) is 13.3. The predicted octanol–water partition coefficient (Wildman–Crippen LogP) is 3.09. The Bertz CT molecular complexity index is 1080. The summed E-state index contributed by atoms with van der Waals surface area (Å²) >= 11 is 11.9. The third-order valence-corrected chi connectivity index (χ3v) is 5.98. The molecule has 0 aliphatic carbocycles. The smallest absolute Gasteiger partial charge is 0.319 e. The summed E-state index contributed by atoms with van der Waals surface area (Å²) in [6, 6.07) is 8.34. The first kappa shape index (κ1) is 27.5. The fourth-order valence-electron chi connectivity index (χ4n) is 3.60. The zero-order chi connectivity index (χ0) is 26.1. The van der Waals surface area contributed by atoms with Crippen LogP contribution in [-0.4, -0.2) is 67.2 Å². The van der Waals surface area contributed by atoms with Crippen LogP contribution in [0.25, 0.3) is 0 Å². The molecule has 36 heavy (non-hydrogen) atoms. The molecule has 2 aromatic rings. The number of aromatic nitrogens is 1. The third-order valence-electron chi connectivity index (χ3n) is 5.51. The highest BCUT2D eigenvalue weighted by atomic mass is 35.5. The number of halogens is 2. The molecule has 0 saturated carbocycles. The van der Waals surface area contributed by atoms with Crippen LogP contribution in [0.5, 0.6) is 5.88 Å². The van der Waals surface area contributed by atoms with Gasteiger partial charge in [-0.3, -0.25) is 14.5 Å². The average Bonchev–Trinajstić information content (AvgIpc) is 2.83. The minimum absolute atomic E-state index is 0.137. The first-order chi connectivity index (χ1) is 17.3. The van der Waals surface area contributed by atoms with E-state index in [4.69, 9.17) is 27.9 Å². The van der Waals surface area contributed by atoms with Crippen LogP contribution in [0.4, 0.5) is 10.5 Å². The first-order valence-electron chi connectivity index (χ1n) is 11.5. The zero-order valence-corrected chi connectivity index (χ0v) is 21.6. The number of pyridine rings is 1. The molecule has 2 heterocycles. The van der Waals surface area contributed by atoms with Crippen LogP contribution >= 0.6 is 23.2 Å². The van der Waals surface area contributed by atoms with Crippen LogP contribution in [-0.2, 0) is 20.9 Å². The molecule has 1 aromatic heterocycles. The number of amides is 3. The SMILES string of the molecule is CC[C@@H](Oc1ncc(Cl)cc1Cl)C(=O)NCc1cccc(NC(=O)NCC2CN(CC(=O)OC)C2)c1. The van der Waals surface area contributed by atoms with Gasteiger partial charge < -0.3 is 25.4 Å². The van der Waals surface area contributed by atoms with Gasteiger partial charge in [0.2, 0.25) is 5.88 Å². The monoisotopic (exact) mass is 537 g/mol. The number of anilines is 1. The van der Waals surface area contributed by atoms with E-state index >= 15 is 0 Å². The summed E-state index contributed by atoms with van der Waals surface area (Å²) in [5, 5.41) is 9.06. The summed E-state index contributed by atoms with van der Waals surface area (Å²) < 4.78 is 10.3. The highest BCUT2D eigenvalue weighted by molar-refractivity contribution is 6.35. The van der Waals surface area contributed by atoms with Crippen LogP contribution in [0.15, 0.2) is 36.5 Å². The van der Waals surface area contributed by atoms with Gasteiger partial charge >= 0.3 is 12.0 Å². The van der Waals surface area contributed by atoms with E-state index < -0.39 is 6.10 Å². The van der Waals surface area contributed by atoms with Gasteiger partial charge in [0.1, 0.15) is 5.02 Å². The van der Waals surface area contributed by atoms with Gasteiger partial charge in [0.25, 0.3) is 5.91 Å². The van der Waals surface area contributed by atoms with Gasteiger partial charge in [-0.15, -0.1) is 0 Å². The lowest BCUT2D eigenvalue weighted by Gasteiger charge is -2.38.